The average molecular weight is 595 g/mol. The lowest BCUT2D eigenvalue weighted by molar-refractivity contribution is -0.137. The van der Waals surface area contributed by atoms with Crippen molar-refractivity contribution in [3.8, 4) is 22.6 Å². The monoisotopic (exact) mass is 594 g/mol. The van der Waals surface area contributed by atoms with Gasteiger partial charge in [0.15, 0.2) is 0 Å². The van der Waals surface area contributed by atoms with Crippen LogP contribution in [0, 0.1) is 0 Å². The van der Waals surface area contributed by atoms with E-state index in [1.807, 2.05) is 0 Å². The Labute approximate surface area is 240 Å². The number of amides is 1. The quantitative estimate of drug-likeness (QED) is 0.221. The highest BCUT2D eigenvalue weighted by molar-refractivity contribution is 7.90. The molecule has 1 N–H and O–H groups in total. The van der Waals surface area contributed by atoms with Crippen LogP contribution in [-0.2, 0) is 22.7 Å². The van der Waals surface area contributed by atoms with Crippen molar-refractivity contribution in [3.05, 3.63) is 114 Å². The molecule has 42 heavy (non-hydrogen) atoms. The number of alkyl halides is 3. The Hall–Kier alpha value is -4.77. The first-order chi connectivity index (χ1) is 20.0. The predicted molar refractivity (Wildman–Crippen MR) is 152 cm³/mol. The van der Waals surface area contributed by atoms with Crippen LogP contribution in [0.25, 0.3) is 22.0 Å². The fraction of sp³-hybridized carbons (Fsp3) is 0.129. The van der Waals surface area contributed by atoms with Crippen LogP contribution in [0.4, 0.5) is 13.2 Å². The Kier molecular flexibility index (Phi) is 7.70. The van der Waals surface area contributed by atoms with Gasteiger partial charge in [-0.15, -0.1) is 0 Å². The van der Waals surface area contributed by atoms with Gasteiger partial charge in [0.05, 0.1) is 24.7 Å². The maximum absolute atomic E-state index is 13.9. The zero-order chi connectivity index (χ0) is 30.1. The van der Waals surface area contributed by atoms with Crippen LogP contribution < -0.4 is 14.2 Å². The molecule has 0 aliphatic carbocycles. The molecule has 1 heterocycles. The zero-order valence-electron chi connectivity index (χ0n) is 22.5. The number of methoxy groups -OCH3 is 2. The molecule has 0 aliphatic rings. The number of aromatic nitrogens is 1. The molecule has 5 rings (SSSR count). The van der Waals surface area contributed by atoms with Gasteiger partial charge in [-0.05, 0) is 65.7 Å². The van der Waals surface area contributed by atoms with Crippen LogP contribution in [0.2, 0.25) is 0 Å². The summed E-state index contributed by atoms with van der Waals surface area (Å²) in [6.07, 6.45) is -4.56. The van der Waals surface area contributed by atoms with E-state index in [-0.39, 0.29) is 22.7 Å². The van der Waals surface area contributed by atoms with E-state index in [1.165, 1.54) is 55.2 Å². The van der Waals surface area contributed by atoms with E-state index in [4.69, 9.17) is 9.47 Å². The highest BCUT2D eigenvalue weighted by Crippen LogP contribution is 2.37. The van der Waals surface area contributed by atoms with Crippen molar-refractivity contribution >= 4 is 26.8 Å². The number of sulfonamides is 1. The van der Waals surface area contributed by atoms with Gasteiger partial charge in [0.25, 0.3) is 15.9 Å². The first kappa shape index (κ1) is 28.7. The molecule has 0 bridgehead atoms. The Morgan fingerprint density at radius 2 is 1.45 bits per heavy atom. The largest absolute Gasteiger partial charge is 0.497 e. The third kappa shape index (κ3) is 5.68. The molecule has 0 fully saturated rings. The van der Waals surface area contributed by atoms with Crippen molar-refractivity contribution in [3.63, 3.8) is 0 Å². The van der Waals surface area contributed by atoms with Crippen LogP contribution in [0.1, 0.15) is 21.6 Å². The molecule has 1 aromatic heterocycles. The lowest BCUT2D eigenvalue weighted by Gasteiger charge is -2.15. The minimum atomic E-state index is -4.56. The summed E-state index contributed by atoms with van der Waals surface area (Å²) in [7, 11) is -1.38. The number of nitrogens with one attached hydrogen (secondary N) is 1. The summed E-state index contributed by atoms with van der Waals surface area (Å²) in [5, 5.41) is 0.613. The van der Waals surface area contributed by atoms with Gasteiger partial charge in [0.2, 0.25) is 0 Å². The number of carbonyl (C=O) groups excluding carboxylic acids is 1. The second kappa shape index (κ2) is 11.2. The molecule has 0 unspecified atom stereocenters. The molecule has 0 radical (unpaired) electrons. The summed E-state index contributed by atoms with van der Waals surface area (Å²) in [4.78, 5) is 13.8. The van der Waals surface area contributed by atoms with Gasteiger partial charge in [0.1, 0.15) is 17.2 Å². The van der Waals surface area contributed by atoms with E-state index in [1.54, 1.807) is 48.5 Å². The van der Waals surface area contributed by atoms with Crippen molar-refractivity contribution in [1.29, 1.82) is 0 Å². The minimum Gasteiger partial charge on any atom is -0.497 e. The number of ether oxygens (including phenoxy) is 2. The second-order valence-electron chi connectivity index (χ2n) is 9.36. The molecule has 0 saturated heterocycles. The fourth-order valence-corrected chi connectivity index (χ4v) is 5.72. The summed E-state index contributed by atoms with van der Waals surface area (Å²) >= 11 is 0. The van der Waals surface area contributed by atoms with Crippen molar-refractivity contribution < 1.29 is 35.9 Å². The third-order valence-corrected chi connectivity index (χ3v) is 8.10. The number of hydrogen-bond donors (Lipinski definition) is 1. The standard InChI is InChI=1S/C31H25F3N2O5S/c1-40-23-12-10-21(11-13-23)28-26-8-3-4-9-27(26)36(19-20-6-5-7-22(18-20)31(32,33)34)29(28)30(37)35-42(38,39)25-16-14-24(41-2)15-17-25/h3-18H,19H2,1-2H3,(H,35,37). The molecular weight excluding hydrogens is 569 g/mol. The molecular formula is C31H25F3N2O5S. The molecule has 7 nitrogen and oxygen atoms in total. The van der Waals surface area contributed by atoms with E-state index in [0.29, 0.717) is 33.5 Å². The normalized spacial score (nSPS) is 11.8. The Bertz CT molecular complexity index is 1860. The van der Waals surface area contributed by atoms with Crippen LogP contribution in [-0.4, -0.2) is 33.1 Å². The van der Waals surface area contributed by atoms with Crippen molar-refractivity contribution in [2.24, 2.45) is 0 Å². The molecule has 0 saturated carbocycles. The summed E-state index contributed by atoms with van der Waals surface area (Å²) in [6.45, 7) is -0.133. The summed E-state index contributed by atoms with van der Waals surface area (Å²) < 4.78 is 81.0. The SMILES string of the molecule is COc1ccc(-c2c(C(=O)NS(=O)(=O)c3ccc(OC)cc3)n(Cc3cccc(C(F)(F)F)c3)c3ccccc23)cc1. The number of benzene rings is 4. The maximum atomic E-state index is 13.9. The Morgan fingerprint density at radius 1 is 0.833 bits per heavy atom. The van der Waals surface area contributed by atoms with Crippen molar-refractivity contribution in [1.82, 2.24) is 9.29 Å². The van der Waals surface area contributed by atoms with Gasteiger partial charge in [-0.2, -0.15) is 13.2 Å². The van der Waals surface area contributed by atoms with Crippen LogP contribution in [0.5, 0.6) is 11.5 Å². The van der Waals surface area contributed by atoms with Gasteiger partial charge < -0.3 is 14.0 Å². The lowest BCUT2D eigenvalue weighted by atomic mass is 10.0. The van der Waals surface area contributed by atoms with Crippen LogP contribution in [0.3, 0.4) is 0 Å². The average Bonchev–Trinajstić information content (AvgIpc) is 3.31. The van der Waals surface area contributed by atoms with Gasteiger partial charge in [-0.25, -0.2) is 13.1 Å². The summed E-state index contributed by atoms with van der Waals surface area (Å²) in [5.41, 5.74) is 0.951. The zero-order valence-corrected chi connectivity index (χ0v) is 23.3. The molecule has 5 aromatic rings. The molecule has 216 valence electrons. The molecule has 0 spiro atoms. The molecule has 1 amide bonds. The summed E-state index contributed by atoms with van der Waals surface area (Å²) in [6, 6.07) is 24.1. The number of hydrogen-bond acceptors (Lipinski definition) is 5. The number of halogens is 3. The van der Waals surface area contributed by atoms with E-state index in [2.05, 4.69) is 4.72 Å². The molecule has 4 aromatic carbocycles. The third-order valence-electron chi connectivity index (χ3n) is 6.76. The van der Waals surface area contributed by atoms with Crippen molar-refractivity contribution in [2.45, 2.75) is 17.6 Å². The number of rotatable bonds is 8. The van der Waals surface area contributed by atoms with E-state index < -0.39 is 27.7 Å². The van der Waals surface area contributed by atoms with Crippen LogP contribution >= 0.6 is 0 Å². The van der Waals surface area contributed by atoms with E-state index >= 15 is 0 Å². The first-order valence-electron chi connectivity index (χ1n) is 12.6. The van der Waals surface area contributed by atoms with Gasteiger partial charge in [0, 0.05) is 23.0 Å². The van der Waals surface area contributed by atoms with Gasteiger partial charge in [-0.3, -0.25) is 4.79 Å². The lowest BCUT2D eigenvalue weighted by Crippen LogP contribution is -2.32. The predicted octanol–water partition coefficient (Wildman–Crippen LogP) is 6.51. The minimum absolute atomic E-state index is 0.0316. The van der Waals surface area contributed by atoms with Gasteiger partial charge >= 0.3 is 6.18 Å². The number of carbonyl (C=O) groups is 1. The van der Waals surface area contributed by atoms with E-state index in [9.17, 15) is 26.4 Å². The highest BCUT2D eigenvalue weighted by atomic mass is 32.2. The number of fused-ring (bicyclic) bond motifs is 1. The van der Waals surface area contributed by atoms with Crippen molar-refractivity contribution in [2.75, 3.05) is 14.2 Å². The maximum Gasteiger partial charge on any atom is 0.416 e. The molecule has 0 atom stereocenters. The van der Waals surface area contributed by atoms with Crippen LogP contribution in [0.15, 0.2) is 102 Å². The van der Waals surface area contributed by atoms with Gasteiger partial charge in [-0.1, -0.05) is 42.5 Å². The molecule has 0 aliphatic heterocycles. The first-order valence-corrected chi connectivity index (χ1v) is 14.1. The fourth-order valence-electron chi connectivity index (χ4n) is 4.77. The highest BCUT2D eigenvalue weighted by Gasteiger charge is 2.31. The second-order valence-corrected chi connectivity index (χ2v) is 11.0. The topological polar surface area (TPSA) is 86.6 Å². The Morgan fingerprint density at radius 3 is 2.07 bits per heavy atom. The summed E-state index contributed by atoms with van der Waals surface area (Å²) in [5.74, 6) is 0.0580. The number of nitrogens with zero attached hydrogens (tertiary/aromatic N) is 1. The Balaban J connectivity index is 1.69. The molecule has 11 heteroatoms. The van der Waals surface area contributed by atoms with E-state index in [0.717, 1.165) is 12.1 Å². The smallest absolute Gasteiger partial charge is 0.416 e. The number of para-hydroxylation sites is 1.